The van der Waals surface area contributed by atoms with E-state index in [2.05, 4.69) is 173 Å². The topological polar surface area (TPSA) is 41.4 Å². The fourth-order valence-electron chi connectivity index (χ4n) is 8.03. The number of hydrogen-bond acceptors (Lipinski definition) is 3. The number of benzene rings is 7. The number of hydrogen-bond donors (Lipinski definition) is 2. The van der Waals surface area contributed by atoms with Gasteiger partial charge in [0.15, 0.2) is 0 Å². The molecule has 4 nitrogen and oxygen atoms in total. The highest BCUT2D eigenvalue weighted by molar-refractivity contribution is 6.16. The van der Waals surface area contributed by atoms with E-state index < -0.39 is 0 Å². The maximum absolute atomic E-state index is 5.33. The lowest BCUT2D eigenvalue weighted by Gasteiger charge is -2.32. The Morgan fingerprint density at radius 3 is 2.29 bits per heavy atom. The molecule has 49 heavy (non-hydrogen) atoms. The summed E-state index contributed by atoms with van der Waals surface area (Å²) in [6.45, 7) is 0. The smallest absolute Gasteiger partial charge is 0.131 e. The zero-order valence-electron chi connectivity index (χ0n) is 27.0. The van der Waals surface area contributed by atoms with Gasteiger partial charge in [0, 0.05) is 27.9 Å². The highest BCUT2D eigenvalue weighted by atomic mass is 15.3. The van der Waals surface area contributed by atoms with E-state index in [1.807, 2.05) is 0 Å². The van der Waals surface area contributed by atoms with Crippen LogP contribution < -0.4 is 10.6 Å². The number of aryl methyl sites for hydroxylation is 1. The number of aliphatic imine (C=N–C) groups is 1. The molecule has 2 heterocycles. The number of nitrogens with zero attached hydrogens (tertiary/aromatic N) is 2. The molecular formula is C45H34N4. The Morgan fingerprint density at radius 1 is 0.592 bits per heavy atom. The minimum Gasteiger partial charge on any atom is -0.350 e. The van der Waals surface area contributed by atoms with E-state index in [9.17, 15) is 0 Å². The first kappa shape index (κ1) is 28.1. The molecule has 0 fully saturated rings. The number of rotatable bonds is 4. The van der Waals surface area contributed by atoms with Crippen molar-refractivity contribution >= 4 is 38.3 Å². The van der Waals surface area contributed by atoms with Crippen LogP contribution in [0.4, 0.5) is 0 Å². The summed E-state index contributed by atoms with van der Waals surface area (Å²) in [7, 11) is 0. The van der Waals surface area contributed by atoms with Crippen LogP contribution in [0.25, 0.3) is 49.3 Å². The minimum absolute atomic E-state index is 0.100. The van der Waals surface area contributed by atoms with Gasteiger partial charge in [-0.25, -0.2) is 4.99 Å². The fraction of sp³-hybridized carbons (Fsp3) is 0.0889. The summed E-state index contributed by atoms with van der Waals surface area (Å²) < 4.78 is 2.51. The summed E-state index contributed by atoms with van der Waals surface area (Å²) in [4.78, 5) is 5.33. The van der Waals surface area contributed by atoms with Gasteiger partial charge >= 0.3 is 0 Å². The number of aromatic nitrogens is 1. The summed E-state index contributed by atoms with van der Waals surface area (Å²) in [5.41, 5.74) is 11.3. The van der Waals surface area contributed by atoms with Crippen LogP contribution in [0.1, 0.15) is 40.3 Å². The van der Waals surface area contributed by atoms with Gasteiger partial charge in [0.1, 0.15) is 18.2 Å². The Labute approximate surface area is 285 Å². The first-order chi connectivity index (χ1) is 24.3. The Kier molecular flexibility index (Phi) is 6.49. The first-order valence-electron chi connectivity index (χ1n) is 17.2. The molecule has 2 unspecified atom stereocenters. The highest BCUT2D eigenvalue weighted by Crippen LogP contribution is 2.45. The molecule has 2 N–H and O–H groups in total. The predicted octanol–water partition coefficient (Wildman–Crippen LogP) is 10.0. The van der Waals surface area contributed by atoms with Gasteiger partial charge in [-0.3, -0.25) is 5.32 Å². The molecule has 234 valence electrons. The van der Waals surface area contributed by atoms with Crippen LogP contribution in [0.5, 0.6) is 0 Å². The minimum atomic E-state index is -0.210. The van der Waals surface area contributed by atoms with Crippen LogP contribution in [0.3, 0.4) is 0 Å². The van der Waals surface area contributed by atoms with E-state index in [0.717, 1.165) is 35.5 Å². The van der Waals surface area contributed by atoms with Gasteiger partial charge < -0.3 is 9.88 Å². The Hall–Kier alpha value is -5.97. The molecule has 8 aromatic rings. The molecular weight excluding hydrogens is 597 g/mol. The average Bonchev–Trinajstić information content (AvgIpc) is 3.53. The van der Waals surface area contributed by atoms with Crippen LogP contribution in [-0.2, 0) is 12.8 Å². The number of fused-ring (bicyclic) bond motifs is 8. The molecule has 0 saturated heterocycles. The van der Waals surface area contributed by atoms with Crippen molar-refractivity contribution < 1.29 is 0 Å². The molecule has 2 aliphatic rings. The van der Waals surface area contributed by atoms with Gasteiger partial charge in [-0.15, -0.1) is 0 Å². The van der Waals surface area contributed by atoms with E-state index in [4.69, 9.17) is 4.99 Å². The maximum Gasteiger partial charge on any atom is 0.131 e. The standard InChI is InChI=1S/C45H34N4/c1-2-14-32(15-3-1)43-46-44(48-45(47-43)35-22-21-29-11-4-5-16-33(29)27-35)34-17-10-18-36(28-34)49-39-25-23-30-12-6-8-19-37(30)41(39)42-38-20-9-7-13-31(38)24-26-40(42)49/h1-23,25,27-28,43,45,47H,24,26H2,(H,46,48). The molecule has 10 rings (SSSR count). The summed E-state index contributed by atoms with van der Waals surface area (Å²) >= 11 is 0. The lowest BCUT2D eigenvalue weighted by molar-refractivity contribution is 0.409. The van der Waals surface area contributed by atoms with Gasteiger partial charge in [0.2, 0.25) is 0 Å². The van der Waals surface area contributed by atoms with Crippen LogP contribution in [0, 0.1) is 0 Å². The van der Waals surface area contributed by atoms with Gasteiger partial charge in [-0.1, -0.05) is 133 Å². The number of amidine groups is 1. The predicted molar refractivity (Wildman–Crippen MR) is 202 cm³/mol. The van der Waals surface area contributed by atoms with Crippen LogP contribution in [-0.4, -0.2) is 10.4 Å². The largest absolute Gasteiger partial charge is 0.350 e. The molecule has 2 atom stereocenters. The maximum atomic E-state index is 5.33. The zero-order chi connectivity index (χ0) is 32.3. The lowest BCUT2D eigenvalue weighted by atomic mass is 9.87. The normalized spacial score (nSPS) is 17.0. The van der Waals surface area contributed by atoms with Gasteiger partial charge in [0.05, 0.1) is 5.52 Å². The average molecular weight is 631 g/mol. The van der Waals surface area contributed by atoms with Crippen molar-refractivity contribution in [1.82, 2.24) is 15.2 Å². The second-order valence-corrected chi connectivity index (χ2v) is 13.2. The van der Waals surface area contributed by atoms with Crippen molar-refractivity contribution in [1.29, 1.82) is 0 Å². The highest BCUT2D eigenvalue weighted by Gasteiger charge is 2.28. The van der Waals surface area contributed by atoms with E-state index in [0.29, 0.717) is 0 Å². The number of nitrogens with one attached hydrogen (secondary N) is 2. The van der Waals surface area contributed by atoms with E-state index in [1.54, 1.807) is 0 Å². The van der Waals surface area contributed by atoms with Crippen LogP contribution >= 0.6 is 0 Å². The third-order valence-corrected chi connectivity index (χ3v) is 10.3. The monoisotopic (exact) mass is 630 g/mol. The summed E-state index contributed by atoms with van der Waals surface area (Å²) in [5, 5.41) is 13.9. The zero-order valence-corrected chi connectivity index (χ0v) is 27.0. The van der Waals surface area contributed by atoms with Crippen molar-refractivity contribution in [3.05, 3.63) is 186 Å². The van der Waals surface area contributed by atoms with Crippen LogP contribution in [0.2, 0.25) is 0 Å². The Morgan fingerprint density at radius 2 is 1.37 bits per heavy atom. The SMILES string of the molecule is c1ccc(C2NC(c3cccc(-n4c5c(c6c7ccccc7ccc64)-c4ccccc4CC5)c3)=NC(c3ccc4ccccc4c3)N2)cc1. The van der Waals surface area contributed by atoms with Crippen molar-refractivity contribution in [3.63, 3.8) is 0 Å². The summed E-state index contributed by atoms with van der Waals surface area (Å²) in [5.74, 6) is 0.883. The molecule has 1 aromatic heterocycles. The van der Waals surface area contributed by atoms with Gasteiger partial charge in [-0.05, 0) is 80.9 Å². The molecule has 4 heteroatoms. The second kappa shape index (κ2) is 11.3. The third-order valence-electron chi connectivity index (χ3n) is 10.3. The molecule has 0 spiro atoms. The van der Waals surface area contributed by atoms with E-state index in [1.165, 1.54) is 60.4 Å². The van der Waals surface area contributed by atoms with Crippen molar-refractivity contribution in [2.45, 2.75) is 25.2 Å². The molecule has 0 saturated carbocycles. The van der Waals surface area contributed by atoms with Gasteiger partial charge in [-0.2, -0.15) is 0 Å². The van der Waals surface area contributed by atoms with Crippen molar-refractivity contribution in [2.24, 2.45) is 4.99 Å². The first-order valence-corrected chi connectivity index (χ1v) is 17.2. The van der Waals surface area contributed by atoms with Gasteiger partial charge in [0.25, 0.3) is 0 Å². The molecule has 1 aliphatic heterocycles. The summed E-state index contributed by atoms with van der Waals surface area (Å²) in [6.07, 6.45) is 1.71. The second-order valence-electron chi connectivity index (χ2n) is 13.2. The molecule has 0 radical (unpaired) electrons. The Balaban J connectivity index is 1.14. The lowest BCUT2D eigenvalue weighted by Crippen LogP contribution is -2.45. The molecule has 1 aliphatic carbocycles. The van der Waals surface area contributed by atoms with Crippen molar-refractivity contribution in [2.75, 3.05) is 0 Å². The molecule has 0 amide bonds. The Bertz CT molecular complexity index is 2580. The quantitative estimate of drug-likeness (QED) is 0.203. The fourth-order valence-corrected chi connectivity index (χ4v) is 8.03. The van der Waals surface area contributed by atoms with E-state index >= 15 is 0 Å². The van der Waals surface area contributed by atoms with Crippen LogP contribution in [0.15, 0.2) is 163 Å². The summed E-state index contributed by atoms with van der Waals surface area (Å²) in [6, 6.07) is 57.0. The third kappa shape index (κ3) is 4.67. The van der Waals surface area contributed by atoms with E-state index in [-0.39, 0.29) is 12.3 Å². The molecule has 7 aromatic carbocycles. The molecule has 0 bridgehead atoms. The van der Waals surface area contributed by atoms with Crippen molar-refractivity contribution in [3.8, 4) is 16.8 Å².